The highest BCUT2D eigenvalue weighted by molar-refractivity contribution is 8.04. The molecule has 3 N–H and O–H groups in total. The summed E-state index contributed by atoms with van der Waals surface area (Å²) in [5, 5.41) is 0. The highest BCUT2D eigenvalue weighted by Crippen LogP contribution is 2.25. The molecule has 0 fully saturated rings. The molecule has 112 valence electrons. The number of hydrogen-bond acceptors (Lipinski definition) is 6. The molecule has 1 aromatic rings. The van der Waals surface area contributed by atoms with Crippen LogP contribution in [0, 0.1) is 0 Å². The molecule has 0 amide bonds. The second-order valence-electron chi connectivity index (χ2n) is 4.36. The van der Waals surface area contributed by atoms with Gasteiger partial charge in [0.1, 0.15) is 12.1 Å². The molecule has 1 aliphatic rings. The number of nitrogens with one attached hydrogen (secondary N) is 1. The van der Waals surface area contributed by atoms with Crippen molar-refractivity contribution in [3.8, 4) is 0 Å². The van der Waals surface area contributed by atoms with E-state index in [1.807, 2.05) is 24.3 Å². The summed E-state index contributed by atoms with van der Waals surface area (Å²) in [5.41, 5.74) is 8.01. The van der Waals surface area contributed by atoms with Gasteiger partial charge < -0.3 is 10.5 Å². The largest absolute Gasteiger partial charge is 0.382 e. The molecule has 0 aliphatic carbocycles. The van der Waals surface area contributed by atoms with Crippen LogP contribution in [0.4, 0.5) is 5.69 Å². The molecule has 0 saturated carbocycles. The molecule has 0 spiro atoms. The number of nitrogens with two attached hydrogens (primary N) is 1. The minimum absolute atomic E-state index is 0.390. The predicted molar refractivity (Wildman–Crippen MR) is 94.4 cm³/mol. The maximum absolute atomic E-state index is 10.6. The normalized spacial score (nSPS) is 16.3. The van der Waals surface area contributed by atoms with E-state index in [0.717, 1.165) is 22.6 Å². The Labute approximate surface area is 133 Å². The molecule has 22 heavy (non-hydrogen) atoms. The maximum atomic E-state index is 10.6. The van der Waals surface area contributed by atoms with Crippen LogP contribution in [0.2, 0.25) is 0 Å². The molecule has 0 aromatic heterocycles. The van der Waals surface area contributed by atoms with Gasteiger partial charge in [0.15, 0.2) is 0 Å². The zero-order chi connectivity index (χ0) is 15.8. The van der Waals surface area contributed by atoms with Crippen molar-refractivity contribution >= 4 is 36.0 Å². The lowest BCUT2D eigenvalue weighted by molar-refractivity contribution is 0.112. The van der Waals surface area contributed by atoms with Gasteiger partial charge in [-0.25, -0.2) is 4.99 Å². The lowest BCUT2D eigenvalue weighted by atomic mass is 10.2. The predicted octanol–water partition coefficient (Wildman–Crippen LogP) is 2.95. The van der Waals surface area contributed by atoms with E-state index in [1.165, 1.54) is 11.9 Å². The fraction of sp³-hybridized carbons (Fsp3) is 0.0625. The molecular formula is C16H16N4OS. The summed E-state index contributed by atoms with van der Waals surface area (Å²) in [7, 11) is 0. The fourth-order valence-electron chi connectivity index (χ4n) is 1.67. The summed E-state index contributed by atoms with van der Waals surface area (Å²) in [4.78, 5) is 20.0. The molecule has 0 radical (unpaired) electrons. The summed E-state index contributed by atoms with van der Waals surface area (Å²) in [5.74, 6) is 0.390. The number of carbonyl (C=O) groups excluding carboxylic acids is 1. The van der Waals surface area contributed by atoms with Gasteiger partial charge in [0.05, 0.1) is 23.4 Å². The highest BCUT2D eigenvalue weighted by Gasteiger charge is 2.08. The van der Waals surface area contributed by atoms with Crippen LogP contribution in [-0.4, -0.2) is 24.9 Å². The zero-order valence-corrected chi connectivity index (χ0v) is 12.7. The van der Waals surface area contributed by atoms with Crippen molar-refractivity contribution in [1.29, 1.82) is 0 Å². The van der Waals surface area contributed by atoms with Crippen molar-refractivity contribution in [3.05, 3.63) is 65.2 Å². The van der Waals surface area contributed by atoms with Crippen LogP contribution in [-0.2, 0) is 0 Å². The van der Waals surface area contributed by atoms with Gasteiger partial charge in [-0.3, -0.25) is 9.79 Å². The average Bonchev–Trinajstić information content (AvgIpc) is 2.55. The number of nitrogens with zero attached hydrogens (tertiary/aromatic N) is 2. The number of allylic oxidation sites excluding steroid dienone is 3. The Morgan fingerprint density at radius 3 is 2.77 bits per heavy atom. The quantitative estimate of drug-likeness (QED) is 0.481. The summed E-state index contributed by atoms with van der Waals surface area (Å²) >= 11 is 1.41. The first-order valence-corrected chi connectivity index (χ1v) is 7.39. The van der Waals surface area contributed by atoms with Crippen LogP contribution in [0.3, 0.4) is 0 Å². The summed E-state index contributed by atoms with van der Waals surface area (Å²) in [6.07, 6.45) is 7.79. The number of aldehydes is 1. The van der Waals surface area contributed by atoms with Crippen molar-refractivity contribution in [2.75, 3.05) is 11.3 Å². The standard InChI is InChI=1S/C16H16N4OS/c1-2-3-4-15(14-9-18-10-16(17)19-14)22-20-13-7-5-12(11-21)6-8-13/h2-8,10-11,20H,1,9H2,(H2,17,19)/b4-3-,15-14-. The second-order valence-corrected chi connectivity index (χ2v) is 5.20. The number of aliphatic imine (C=N–C) groups is 2. The molecule has 5 nitrogen and oxygen atoms in total. The van der Waals surface area contributed by atoms with E-state index in [9.17, 15) is 4.79 Å². The Morgan fingerprint density at radius 2 is 2.14 bits per heavy atom. The van der Waals surface area contributed by atoms with Gasteiger partial charge >= 0.3 is 0 Å². The molecule has 0 saturated heterocycles. The number of benzene rings is 1. The zero-order valence-electron chi connectivity index (χ0n) is 11.9. The lowest BCUT2D eigenvalue weighted by Gasteiger charge is -2.11. The van der Waals surface area contributed by atoms with E-state index in [4.69, 9.17) is 5.73 Å². The van der Waals surface area contributed by atoms with Gasteiger partial charge in [-0.15, -0.1) is 0 Å². The van der Waals surface area contributed by atoms with Crippen LogP contribution in [0.5, 0.6) is 0 Å². The topological polar surface area (TPSA) is 79.8 Å². The third kappa shape index (κ3) is 4.46. The van der Waals surface area contributed by atoms with Crippen LogP contribution in [0.1, 0.15) is 10.4 Å². The molecular weight excluding hydrogens is 296 g/mol. The molecule has 1 aliphatic heterocycles. The maximum Gasteiger partial charge on any atom is 0.150 e. The highest BCUT2D eigenvalue weighted by atomic mass is 32.2. The third-order valence-electron chi connectivity index (χ3n) is 2.72. The molecule has 0 unspecified atom stereocenters. The molecule has 0 bridgehead atoms. The minimum Gasteiger partial charge on any atom is -0.382 e. The Hall–Kier alpha value is -2.60. The Bertz CT molecular complexity index is 672. The Kier molecular flexibility index (Phi) is 5.73. The van der Waals surface area contributed by atoms with E-state index in [2.05, 4.69) is 21.3 Å². The van der Waals surface area contributed by atoms with E-state index >= 15 is 0 Å². The fourth-order valence-corrected chi connectivity index (χ4v) is 2.41. The number of hydrogen-bond donors (Lipinski definition) is 2. The van der Waals surface area contributed by atoms with Crippen molar-refractivity contribution < 1.29 is 4.79 Å². The number of amidine groups is 1. The molecule has 2 rings (SSSR count). The first-order valence-electron chi connectivity index (χ1n) is 6.57. The summed E-state index contributed by atoms with van der Waals surface area (Å²) in [6, 6.07) is 7.19. The molecule has 0 atom stereocenters. The van der Waals surface area contributed by atoms with E-state index in [0.29, 0.717) is 17.9 Å². The van der Waals surface area contributed by atoms with Gasteiger partial charge in [0, 0.05) is 11.3 Å². The Morgan fingerprint density at radius 1 is 1.36 bits per heavy atom. The smallest absolute Gasteiger partial charge is 0.150 e. The molecule has 1 aromatic carbocycles. The second kappa shape index (κ2) is 7.99. The van der Waals surface area contributed by atoms with Gasteiger partial charge in [-0.05, 0) is 42.3 Å². The van der Waals surface area contributed by atoms with E-state index in [-0.39, 0.29) is 0 Å². The van der Waals surface area contributed by atoms with Crippen molar-refractivity contribution in [2.24, 2.45) is 15.7 Å². The van der Waals surface area contributed by atoms with Crippen LogP contribution < -0.4 is 10.5 Å². The molecule has 1 heterocycles. The van der Waals surface area contributed by atoms with E-state index in [1.54, 1.807) is 24.4 Å². The number of rotatable bonds is 6. The van der Waals surface area contributed by atoms with Gasteiger partial charge in [-0.2, -0.15) is 0 Å². The van der Waals surface area contributed by atoms with Crippen LogP contribution in [0.15, 0.2) is 69.7 Å². The number of carbonyl (C=O) groups is 1. The summed E-state index contributed by atoms with van der Waals surface area (Å²) in [6.45, 7) is 4.15. The minimum atomic E-state index is 0.390. The van der Waals surface area contributed by atoms with Gasteiger partial charge in [-0.1, -0.05) is 18.7 Å². The van der Waals surface area contributed by atoms with Crippen LogP contribution >= 0.6 is 11.9 Å². The third-order valence-corrected chi connectivity index (χ3v) is 3.65. The summed E-state index contributed by atoms with van der Waals surface area (Å²) < 4.78 is 3.21. The molecule has 6 heteroatoms. The van der Waals surface area contributed by atoms with Crippen molar-refractivity contribution in [2.45, 2.75) is 0 Å². The van der Waals surface area contributed by atoms with Gasteiger partial charge in [0.2, 0.25) is 0 Å². The number of anilines is 1. The monoisotopic (exact) mass is 312 g/mol. The van der Waals surface area contributed by atoms with Crippen molar-refractivity contribution in [3.63, 3.8) is 0 Å². The average molecular weight is 312 g/mol. The first kappa shape index (κ1) is 15.8. The SMILES string of the molecule is C=C/C=C\C(SNc1ccc(C=O)cc1)=C1/CN=CC(N)=N1. The first-order chi connectivity index (χ1) is 10.7. The lowest BCUT2D eigenvalue weighted by Crippen LogP contribution is -2.17. The van der Waals surface area contributed by atoms with E-state index < -0.39 is 0 Å². The Balaban J connectivity index is 2.15. The van der Waals surface area contributed by atoms with Gasteiger partial charge in [0.25, 0.3) is 0 Å². The van der Waals surface area contributed by atoms with Crippen LogP contribution in [0.25, 0.3) is 0 Å². The van der Waals surface area contributed by atoms with Crippen molar-refractivity contribution in [1.82, 2.24) is 0 Å².